The minimum atomic E-state index is -0.187. The van der Waals surface area contributed by atoms with Crippen LogP contribution in [-0.2, 0) is 5.54 Å². The van der Waals surface area contributed by atoms with Gasteiger partial charge in [0, 0.05) is 5.56 Å². The van der Waals surface area contributed by atoms with E-state index in [1.807, 2.05) is 16.9 Å². The zero-order valence-corrected chi connectivity index (χ0v) is 10.2. The second-order valence-corrected chi connectivity index (χ2v) is 5.72. The highest BCUT2D eigenvalue weighted by Gasteiger charge is 2.58. The molecule has 1 heterocycles. The fraction of sp³-hybridized carbons (Fsp3) is 0.429. The Labute approximate surface area is 105 Å². The van der Waals surface area contributed by atoms with Crippen LogP contribution in [0, 0.1) is 18.7 Å². The summed E-state index contributed by atoms with van der Waals surface area (Å²) in [6.07, 6.45) is 5.66. The van der Waals surface area contributed by atoms with Crippen LogP contribution in [0.3, 0.4) is 0 Å². The van der Waals surface area contributed by atoms with E-state index in [1.165, 1.54) is 25.3 Å². The molecule has 0 unspecified atom stereocenters. The smallest absolute Gasteiger partial charge is 0.126 e. The summed E-state index contributed by atoms with van der Waals surface area (Å²) >= 11 is 0. The van der Waals surface area contributed by atoms with Crippen molar-refractivity contribution in [2.75, 3.05) is 0 Å². The maximum Gasteiger partial charge on any atom is 0.126 e. The molecule has 0 atom stereocenters. The van der Waals surface area contributed by atoms with Crippen molar-refractivity contribution < 1.29 is 4.39 Å². The van der Waals surface area contributed by atoms with E-state index in [9.17, 15) is 4.39 Å². The molecule has 2 bridgehead atoms. The summed E-state index contributed by atoms with van der Waals surface area (Å²) in [5.74, 6) is 0.724. The zero-order valence-electron chi connectivity index (χ0n) is 10.2. The van der Waals surface area contributed by atoms with Crippen LogP contribution in [0.25, 0.3) is 11.3 Å². The van der Waals surface area contributed by atoms with Crippen molar-refractivity contribution in [3.8, 4) is 11.3 Å². The van der Waals surface area contributed by atoms with Crippen molar-refractivity contribution in [1.29, 1.82) is 0 Å². The van der Waals surface area contributed by atoms with Crippen LogP contribution < -0.4 is 0 Å². The molecule has 0 saturated heterocycles. The third kappa shape index (κ3) is 1.23. The van der Waals surface area contributed by atoms with Gasteiger partial charge in [0.2, 0.25) is 0 Å². The number of aromatic nitrogens is 3. The average Bonchev–Trinajstić information content (AvgIpc) is 2.67. The van der Waals surface area contributed by atoms with Gasteiger partial charge in [-0.2, -0.15) is 0 Å². The Balaban J connectivity index is 1.70. The van der Waals surface area contributed by atoms with Gasteiger partial charge in [-0.25, -0.2) is 9.07 Å². The van der Waals surface area contributed by atoms with Gasteiger partial charge in [0.15, 0.2) is 0 Å². The quantitative estimate of drug-likeness (QED) is 0.812. The third-order valence-corrected chi connectivity index (χ3v) is 4.45. The number of hydrogen-bond acceptors (Lipinski definition) is 2. The van der Waals surface area contributed by atoms with Crippen LogP contribution in [0.2, 0.25) is 0 Å². The molecule has 0 spiro atoms. The van der Waals surface area contributed by atoms with Crippen LogP contribution in [0.1, 0.15) is 24.8 Å². The van der Waals surface area contributed by atoms with Crippen molar-refractivity contribution in [1.82, 2.24) is 15.0 Å². The molecule has 92 valence electrons. The SMILES string of the molecule is Cc1ccc(-c2cn(C34CC(C3)C4)nn2)cc1F. The molecular weight excluding hydrogens is 229 g/mol. The Morgan fingerprint density at radius 2 is 2.11 bits per heavy atom. The molecule has 3 aliphatic rings. The van der Waals surface area contributed by atoms with Gasteiger partial charge in [0.1, 0.15) is 11.5 Å². The second kappa shape index (κ2) is 3.19. The molecule has 1 aromatic heterocycles. The normalized spacial score (nSPS) is 28.7. The van der Waals surface area contributed by atoms with E-state index in [2.05, 4.69) is 10.3 Å². The largest absolute Gasteiger partial charge is 0.246 e. The molecule has 0 aliphatic heterocycles. The molecule has 2 aromatic rings. The van der Waals surface area contributed by atoms with Crippen molar-refractivity contribution in [3.05, 3.63) is 35.8 Å². The molecule has 1 aromatic carbocycles. The number of benzene rings is 1. The Bertz CT molecular complexity index is 615. The summed E-state index contributed by atoms with van der Waals surface area (Å²) in [7, 11) is 0. The molecule has 3 nitrogen and oxygen atoms in total. The molecule has 0 radical (unpaired) electrons. The molecule has 5 rings (SSSR count). The van der Waals surface area contributed by atoms with E-state index in [0.29, 0.717) is 5.56 Å². The first-order valence-electron chi connectivity index (χ1n) is 6.36. The van der Waals surface area contributed by atoms with Crippen molar-refractivity contribution in [3.63, 3.8) is 0 Å². The minimum Gasteiger partial charge on any atom is -0.246 e. The number of nitrogens with zero attached hydrogens (tertiary/aromatic N) is 3. The standard InChI is InChI=1S/C14H14FN3/c1-9-2-3-11(4-12(9)15)13-8-18(17-16-13)14-5-10(6-14)7-14/h2-4,8,10H,5-7H2,1H3. The first-order valence-corrected chi connectivity index (χ1v) is 6.36. The third-order valence-electron chi connectivity index (χ3n) is 4.45. The van der Waals surface area contributed by atoms with Gasteiger partial charge in [0.05, 0.1) is 11.7 Å². The maximum absolute atomic E-state index is 13.5. The predicted octanol–water partition coefficient (Wildman–Crippen LogP) is 2.90. The van der Waals surface area contributed by atoms with E-state index >= 15 is 0 Å². The average molecular weight is 243 g/mol. The Kier molecular flexibility index (Phi) is 1.81. The lowest BCUT2D eigenvalue weighted by atomic mass is 9.50. The van der Waals surface area contributed by atoms with E-state index in [0.717, 1.165) is 17.2 Å². The van der Waals surface area contributed by atoms with Gasteiger partial charge < -0.3 is 0 Å². The lowest BCUT2D eigenvalue weighted by Crippen LogP contribution is -2.59. The maximum atomic E-state index is 13.5. The monoisotopic (exact) mass is 243 g/mol. The van der Waals surface area contributed by atoms with E-state index in [-0.39, 0.29) is 11.4 Å². The molecule has 3 aliphatic carbocycles. The number of aryl methyl sites for hydroxylation is 1. The lowest BCUT2D eigenvalue weighted by molar-refractivity contribution is -0.0988. The second-order valence-electron chi connectivity index (χ2n) is 5.72. The fourth-order valence-corrected chi connectivity index (χ4v) is 3.09. The highest BCUT2D eigenvalue weighted by Crippen LogP contribution is 2.61. The summed E-state index contributed by atoms with van der Waals surface area (Å²) in [5, 5.41) is 8.40. The summed E-state index contributed by atoms with van der Waals surface area (Å²) in [4.78, 5) is 0. The summed E-state index contributed by atoms with van der Waals surface area (Å²) < 4.78 is 15.5. The summed E-state index contributed by atoms with van der Waals surface area (Å²) in [6, 6.07) is 5.21. The van der Waals surface area contributed by atoms with Crippen LogP contribution >= 0.6 is 0 Å². The molecule has 18 heavy (non-hydrogen) atoms. The molecule has 3 fully saturated rings. The summed E-state index contributed by atoms with van der Waals surface area (Å²) in [6.45, 7) is 1.76. The van der Waals surface area contributed by atoms with Crippen LogP contribution in [-0.4, -0.2) is 15.0 Å². The Hall–Kier alpha value is -1.71. The van der Waals surface area contributed by atoms with Crippen LogP contribution in [0.4, 0.5) is 4.39 Å². The van der Waals surface area contributed by atoms with Crippen LogP contribution in [0.5, 0.6) is 0 Å². The fourth-order valence-electron chi connectivity index (χ4n) is 3.09. The summed E-state index contributed by atoms with van der Waals surface area (Å²) in [5.41, 5.74) is 2.47. The van der Waals surface area contributed by atoms with Gasteiger partial charge in [-0.3, -0.25) is 0 Å². The lowest BCUT2D eigenvalue weighted by Gasteiger charge is -2.61. The minimum absolute atomic E-state index is 0.187. The van der Waals surface area contributed by atoms with E-state index in [4.69, 9.17) is 0 Å². The number of hydrogen-bond donors (Lipinski definition) is 0. The van der Waals surface area contributed by atoms with Crippen molar-refractivity contribution in [2.24, 2.45) is 5.92 Å². The van der Waals surface area contributed by atoms with E-state index in [1.54, 1.807) is 13.0 Å². The molecular formula is C14H14FN3. The molecule has 3 saturated carbocycles. The zero-order chi connectivity index (χ0) is 12.3. The van der Waals surface area contributed by atoms with E-state index < -0.39 is 0 Å². The van der Waals surface area contributed by atoms with Crippen molar-refractivity contribution in [2.45, 2.75) is 31.7 Å². The highest BCUT2D eigenvalue weighted by molar-refractivity contribution is 5.58. The Morgan fingerprint density at radius 3 is 2.72 bits per heavy atom. The molecule has 4 heteroatoms. The highest BCUT2D eigenvalue weighted by atomic mass is 19.1. The topological polar surface area (TPSA) is 30.7 Å². The van der Waals surface area contributed by atoms with Gasteiger partial charge in [-0.05, 0) is 43.7 Å². The van der Waals surface area contributed by atoms with Gasteiger partial charge in [-0.1, -0.05) is 17.3 Å². The first kappa shape index (κ1) is 10.2. The van der Waals surface area contributed by atoms with Gasteiger partial charge in [-0.15, -0.1) is 5.10 Å². The number of rotatable bonds is 2. The first-order chi connectivity index (χ1) is 8.66. The predicted molar refractivity (Wildman–Crippen MR) is 65.5 cm³/mol. The molecule has 0 amide bonds. The Morgan fingerprint density at radius 1 is 1.33 bits per heavy atom. The van der Waals surface area contributed by atoms with Crippen LogP contribution in [0.15, 0.2) is 24.4 Å². The van der Waals surface area contributed by atoms with Crippen molar-refractivity contribution >= 4 is 0 Å². The molecule has 0 N–H and O–H groups in total. The van der Waals surface area contributed by atoms with Gasteiger partial charge >= 0.3 is 0 Å². The number of halogens is 1. The van der Waals surface area contributed by atoms with Gasteiger partial charge in [0.25, 0.3) is 0 Å².